The SMILES string of the molecule is CN(CCC#N)C(=O)c1cccc(OCc2cscn2)c1. The maximum atomic E-state index is 12.2. The lowest BCUT2D eigenvalue weighted by molar-refractivity contribution is 0.0797. The minimum atomic E-state index is -0.121. The third-order valence-electron chi connectivity index (χ3n) is 2.86. The van der Waals surface area contributed by atoms with Gasteiger partial charge in [0.25, 0.3) is 5.91 Å². The van der Waals surface area contributed by atoms with Crippen LogP contribution in [-0.4, -0.2) is 29.4 Å². The van der Waals surface area contributed by atoms with Gasteiger partial charge in [0, 0.05) is 24.5 Å². The van der Waals surface area contributed by atoms with Gasteiger partial charge in [-0.15, -0.1) is 11.3 Å². The van der Waals surface area contributed by atoms with Crippen molar-refractivity contribution in [2.45, 2.75) is 13.0 Å². The van der Waals surface area contributed by atoms with Crippen LogP contribution in [-0.2, 0) is 6.61 Å². The first-order valence-electron chi connectivity index (χ1n) is 6.43. The van der Waals surface area contributed by atoms with Crippen molar-refractivity contribution in [1.29, 1.82) is 5.26 Å². The van der Waals surface area contributed by atoms with Crippen molar-refractivity contribution in [2.75, 3.05) is 13.6 Å². The summed E-state index contributed by atoms with van der Waals surface area (Å²) in [4.78, 5) is 17.9. The van der Waals surface area contributed by atoms with Crippen LogP contribution in [0.1, 0.15) is 22.5 Å². The van der Waals surface area contributed by atoms with Crippen LogP contribution < -0.4 is 4.74 Å². The Morgan fingerprint density at radius 3 is 3.10 bits per heavy atom. The molecule has 0 aliphatic carbocycles. The molecule has 0 bridgehead atoms. The van der Waals surface area contributed by atoms with E-state index in [1.165, 1.54) is 16.2 Å². The predicted octanol–water partition coefficient (Wildman–Crippen LogP) is 2.71. The molecule has 0 aliphatic heterocycles. The van der Waals surface area contributed by atoms with E-state index in [-0.39, 0.29) is 5.91 Å². The molecule has 0 saturated heterocycles. The molecule has 0 unspecified atom stereocenters. The number of nitrogens with zero attached hydrogens (tertiary/aromatic N) is 3. The average molecular weight is 301 g/mol. The standard InChI is InChI=1S/C15H15N3O2S/c1-18(7-3-6-16)15(19)12-4-2-5-14(8-12)20-9-13-10-21-11-17-13/h2,4-5,8,10-11H,3,7,9H2,1H3. The van der Waals surface area contributed by atoms with Gasteiger partial charge in [0.2, 0.25) is 0 Å². The van der Waals surface area contributed by atoms with Crippen molar-refractivity contribution < 1.29 is 9.53 Å². The van der Waals surface area contributed by atoms with E-state index in [0.717, 1.165) is 5.69 Å². The van der Waals surface area contributed by atoms with Crippen LogP contribution in [0.15, 0.2) is 35.2 Å². The van der Waals surface area contributed by atoms with Crippen molar-refractivity contribution in [1.82, 2.24) is 9.88 Å². The van der Waals surface area contributed by atoms with Gasteiger partial charge in [-0.3, -0.25) is 4.79 Å². The largest absolute Gasteiger partial charge is 0.487 e. The Morgan fingerprint density at radius 2 is 2.38 bits per heavy atom. The first-order chi connectivity index (χ1) is 10.2. The van der Waals surface area contributed by atoms with Gasteiger partial charge in [-0.1, -0.05) is 6.07 Å². The van der Waals surface area contributed by atoms with Crippen LogP contribution in [0.4, 0.5) is 0 Å². The molecule has 1 aromatic carbocycles. The number of carbonyl (C=O) groups excluding carboxylic acids is 1. The quantitative estimate of drug-likeness (QED) is 0.823. The maximum Gasteiger partial charge on any atom is 0.253 e. The van der Waals surface area contributed by atoms with Crippen LogP contribution >= 0.6 is 11.3 Å². The van der Waals surface area contributed by atoms with E-state index in [1.54, 1.807) is 36.8 Å². The molecule has 1 amide bonds. The summed E-state index contributed by atoms with van der Waals surface area (Å²) in [5.41, 5.74) is 3.16. The second-order valence-corrected chi connectivity index (χ2v) is 5.15. The van der Waals surface area contributed by atoms with Gasteiger partial charge in [-0.05, 0) is 18.2 Å². The molecule has 0 N–H and O–H groups in total. The molecular formula is C15H15N3O2S. The van der Waals surface area contributed by atoms with Crippen molar-refractivity contribution >= 4 is 17.2 Å². The fraction of sp³-hybridized carbons (Fsp3) is 0.267. The zero-order valence-electron chi connectivity index (χ0n) is 11.7. The summed E-state index contributed by atoms with van der Waals surface area (Å²) in [6, 6.07) is 9.05. The second kappa shape index (κ2) is 7.41. The lowest BCUT2D eigenvalue weighted by Crippen LogP contribution is -2.27. The van der Waals surface area contributed by atoms with E-state index in [4.69, 9.17) is 10.00 Å². The number of rotatable bonds is 6. The molecule has 6 heteroatoms. The normalized spacial score (nSPS) is 9.90. The zero-order chi connectivity index (χ0) is 15.1. The minimum Gasteiger partial charge on any atom is -0.487 e. The monoisotopic (exact) mass is 301 g/mol. The van der Waals surface area contributed by atoms with Gasteiger partial charge in [-0.2, -0.15) is 5.26 Å². The van der Waals surface area contributed by atoms with Gasteiger partial charge in [0.1, 0.15) is 12.4 Å². The molecule has 1 heterocycles. The lowest BCUT2D eigenvalue weighted by Gasteiger charge is -2.16. The van der Waals surface area contributed by atoms with Gasteiger partial charge in [0.15, 0.2) is 0 Å². The molecule has 21 heavy (non-hydrogen) atoms. The Balaban J connectivity index is 2.00. The predicted molar refractivity (Wildman–Crippen MR) is 80.1 cm³/mol. The van der Waals surface area contributed by atoms with Crippen molar-refractivity contribution in [3.8, 4) is 11.8 Å². The van der Waals surface area contributed by atoms with Crippen molar-refractivity contribution in [3.63, 3.8) is 0 Å². The van der Waals surface area contributed by atoms with Crippen LogP contribution in [0.5, 0.6) is 5.75 Å². The van der Waals surface area contributed by atoms with E-state index >= 15 is 0 Å². The highest BCUT2D eigenvalue weighted by molar-refractivity contribution is 7.07. The molecule has 2 rings (SSSR count). The molecule has 0 aliphatic rings. The van der Waals surface area contributed by atoms with Gasteiger partial charge in [-0.25, -0.2) is 4.98 Å². The third-order valence-corrected chi connectivity index (χ3v) is 3.49. The summed E-state index contributed by atoms with van der Waals surface area (Å²) in [7, 11) is 1.68. The van der Waals surface area contributed by atoms with Crippen molar-refractivity contribution in [3.05, 3.63) is 46.4 Å². The minimum absolute atomic E-state index is 0.121. The summed E-state index contributed by atoms with van der Waals surface area (Å²) >= 11 is 1.52. The number of amides is 1. The zero-order valence-corrected chi connectivity index (χ0v) is 12.5. The fourth-order valence-corrected chi connectivity index (χ4v) is 2.27. The number of nitriles is 1. The summed E-state index contributed by atoms with van der Waals surface area (Å²) in [5, 5.41) is 10.5. The third kappa shape index (κ3) is 4.29. The molecular weight excluding hydrogens is 286 g/mol. The Kier molecular flexibility index (Phi) is 5.29. The Bertz CT molecular complexity index is 635. The van der Waals surface area contributed by atoms with E-state index in [9.17, 15) is 4.79 Å². The first-order valence-corrected chi connectivity index (χ1v) is 7.37. The number of aromatic nitrogens is 1. The number of hydrogen-bond acceptors (Lipinski definition) is 5. The van der Waals surface area contributed by atoms with Gasteiger partial charge < -0.3 is 9.64 Å². The number of thiazole rings is 1. The number of benzene rings is 1. The van der Waals surface area contributed by atoms with Crippen LogP contribution in [0.3, 0.4) is 0 Å². The summed E-state index contributed by atoms with van der Waals surface area (Å²) in [6.45, 7) is 0.796. The number of ether oxygens (including phenoxy) is 1. The number of hydrogen-bond donors (Lipinski definition) is 0. The molecule has 5 nitrogen and oxygen atoms in total. The van der Waals surface area contributed by atoms with Crippen LogP contribution in [0.2, 0.25) is 0 Å². The van der Waals surface area contributed by atoms with E-state index in [0.29, 0.717) is 30.9 Å². The molecule has 0 spiro atoms. The Morgan fingerprint density at radius 1 is 1.52 bits per heavy atom. The molecule has 108 valence electrons. The lowest BCUT2D eigenvalue weighted by atomic mass is 10.2. The topological polar surface area (TPSA) is 66.2 Å². The molecule has 0 saturated carbocycles. The van der Waals surface area contributed by atoms with Crippen molar-refractivity contribution in [2.24, 2.45) is 0 Å². The Labute approximate surface area is 127 Å². The van der Waals surface area contributed by atoms with E-state index < -0.39 is 0 Å². The average Bonchev–Trinajstić information content (AvgIpc) is 3.03. The maximum absolute atomic E-state index is 12.2. The molecule has 0 radical (unpaired) electrons. The van der Waals surface area contributed by atoms with Gasteiger partial charge >= 0.3 is 0 Å². The molecule has 0 atom stereocenters. The summed E-state index contributed by atoms with van der Waals surface area (Å²) < 4.78 is 5.62. The second-order valence-electron chi connectivity index (χ2n) is 4.43. The van der Waals surface area contributed by atoms with Crippen LogP contribution in [0, 0.1) is 11.3 Å². The highest BCUT2D eigenvalue weighted by Crippen LogP contribution is 2.16. The van der Waals surface area contributed by atoms with Crippen LogP contribution in [0.25, 0.3) is 0 Å². The highest BCUT2D eigenvalue weighted by atomic mass is 32.1. The molecule has 0 fully saturated rings. The first kappa shape index (κ1) is 15.0. The molecule has 1 aromatic heterocycles. The van der Waals surface area contributed by atoms with E-state index in [1.807, 2.05) is 11.4 Å². The highest BCUT2D eigenvalue weighted by Gasteiger charge is 2.12. The summed E-state index contributed by atoms with van der Waals surface area (Å²) in [6.07, 6.45) is 0.322. The fourth-order valence-electron chi connectivity index (χ4n) is 1.72. The van der Waals surface area contributed by atoms with Gasteiger partial charge in [0.05, 0.1) is 23.7 Å². The number of carbonyl (C=O) groups is 1. The Hall–Kier alpha value is -2.39. The van der Waals surface area contributed by atoms with E-state index in [2.05, 4.69) is 4.98 Å². The summed E-state index contributed by atoms with van der Waals surface area (Å²) in [5.74, 6) is 0.506. The molecule has 2 aromatic rings. The smallest absolute Gasteiger partial charge is 0.253 e.